The van der Waals surface area contributed by atoms with E-state index in [2.05, 4.69) is 190 Å². The number of nitrogens with zero attached hydrogens (tertiary/aromatic N) is 2. The third kappa shape index (κ3) is 6.14. The van der Waals surface area contributed by atoms with Crippen molar-refractivity contribution in [1.29, 1.82) is 0 Å². The van der Waals surface area contributed by atoms with Crippen molar-refractivity contribution >= 4 is 67.9 Å². The summed E-state index contributed by atoms with van der Waals surface area (Å²) < 4.78 is 1.55. The van der Waals surface area contributed by atoms with E-state index in [0.717, 1.165) is 17.8 Å². The van der Waals surface area contributed by atoms with Gasteiger partial charge in [0.05, 0.1) is 5.69 Å². The van der Waals surface area contributed by atoms with Gasteiger partial charge in [0.1, 0.15) is 0 Å². The molecule has 2 nitrogen and oxygen atoms in total. The quantitative estimate of drug-likeness (QED) is 0.164. The summed E-state index contributed by atoms with van der Waals surface area (Å²) in [4.78, 5) is 7.14. The van der Waals surface area contributed by atoms with Crippen LogP contribution >= 0.6 is 11.3 Å². The van der Waals surface area contributed by atoms with E-state index in [1.165, 1.54) is 113 Å². The molecule has 4 heteroatoms. The third-order valence-corrected chi connectivity index (χ3v) is 18.7. The molecule has 4 aromatic carbocycles. The second kappa shape index (κ2) is 13.2. The van der Waals surface area contributed by atoms with Crippen molar-refractivity contribution in [3.8, 4) is 0 Å². The zero-order chi connectivity index (χ0) is 43.7. The van der Waals surface area contributed by atoms with Crippen molar-refractivity contribution < 1.29 is 0 Å². The SMILES string of the molecule is CC(C)(C)c1ccc(N2c3ccc(C(C)(C)C)cc3B3c4sc5c(c4N(c4ccc(C(C)(C)C)cc4)c4cc(C67CC8CC(CC(C8)C6)C7)cc2c43)C(C)(C)CCC5(C)C)cc1. The Kier molecular flexibility index (Phi) is 8.71. The van der Waals surface area contributed by atoms with Gasteiger partial charge in [0.15, 0.2) is 0 Å². The minimum absolute atomic E-state index is 0.0245. The largest absolute Gasteiger partial charge is 0.311 e. The molecule has 0 radical (unpaired) electrons. The Bertz CT molecular complexity index is 2580. The van der Waals surface area contributed by atoms with E-state index in [-0.39, 0.29) is 39.2 Å². The summed E-state index contributed by atoms with van der Waals surface area (Å²) in [6.45, 7) is 31.6. The molecule has 322 valence electrons. The molecule has 2 aliphatic heterocycles. The molecule has 0 spiro atoms. The first-order chi connectivity index (χ1) is 29.0. The van der Waals surface area contributed by atoms with E-state index in [9.17, 15) is 0 Å². The van der Waals surface area contributed by atoms with Crippen LogP contribution in [0.1, 0.15) is 174 Å². The van der Waals surface area contributed by atoms with Crippen molar-refractivity contribution in [3.63, 3.8) is 0 Å². The number of hydrogen-bond acceptors (Lipinski definition) is 3. The molecule has 5 aliphatic carbocycles. The van der Waals surface area contributed by atoms with Crippen molar-refractivity contribution in [2.45, 2.75) is 174 Å². The Labute approximate surface area is 379 Å². The van der Waals surface area contributed by atoms with E-state index >= 15 is 0 Å². The zero-order valence-electron chi connectivity index (χ0n) is 40.3. The number of benzene rings is 4. The Balaban J connectivity index is 1.26. The van der Waals surface area contributed by atoms with Gasteiger partial charge < -0.3 is 9.80 Å². The summed E-state index contributed by atoms with van der Waals surface area (Å²) in [5.41, 5.74) is 19.2. The topological polar surface area (TPSA) is 6.48 Å². The molecular weight excluding hydrogens is 768 g/mol. The van der Waals surface area contributed by atoms with E-state index in [4.69, 9.17) is 0 Å². The molecular formula is C58H71BN2S. The van der Waals surface area contributed by atoms with Crippen LogP contribution in [0, 0.1) is 17.8 Å². The van der Waals surface area contributed by atoms with Gasteiger partial charge in [-0.2, -0.15) is 11.3 Å². The predicted octanol–water partition coefficient (Wildman–Crippen LogP) is 14.5. The van der Waals surface area contributed by atoms with Crippen molar-refractivity contribution in [1.82, 2.24) is 0 Å². The molecule has 3 heterocycles. The molecule has 0 N–H and O–H groups in total. The lowest BCUT2D eigenvalue weighted by atomic mass is 9.35. The first-order valence-corrected chi connectivity index (χ1v) is 25.2. The maximum Gasteiger partial charge on any atom is 0.264 e. The lowest BCUT2D eigenvalue weighted by molar-refractivity contribution is -0.00514. The van der Waals surface area contributed by atoms with E-state index in [0.29, 0.717) is 0 Å². The van der Waals surface area contributed by atoms with Crippen LogP contribution in [-0.2, 0) is 32.5 Å². The van der Waals surface area contributed by atoms with Crippen molar-refractivity contribution in [2.75, 3.05) is 9.80 Å². The minimum atomic E-state index is 0.0245. The fourth-order valence-corrected chi connectivity index (χ4v) is 15.5. The molecule has 0 amide bonds. The fourth-order valence-electron chi connectivity index (χ4n) is 13.8. The van der Waals surface area contributed by atoms with Crippen LogP contribution in [0.2, 0.25) is 0 Å². The molecule has 4 bridgehead atoms. The second-order valence-electron chi connectivity index (χ2n) is 25.6. The first kappa shape index (κ1) is 41.0. The average molecular weight is 839 g/mol. The molecule has 0 saturated heterocycles. The summed E-state index contributed by atoms with van der Waals surface area (Å²) in [5.74, 6) is 2.62. The predicted molar refractivity (Wildman–Crippen MR) is 270 cm³/mol. The Hall–Kier alpha value is -3.76. The van der Waals surface area contributed by atoms with Crippen LogP contribution in [0.15, 0.2) is 78.9 Å². The molecule has 4 saturated carbocycles. The molecule has 62 heavy (non-hydrogen) atoms. The molecule has 5 aromatic rings. The molecule has 0 atom stereocenters. The fraction of sp³-hybridized carbons (Fsp3) is 0.517. The lowest BCUT2D eigenvalue weighted by Gasteiger charge is -2.57. The lowest BCUT2D eigenvalue weighted by Crippen LogP contribution is -2.61. The van der Waals surface area contributed by atoms with E-state index in [1.54, 1.807) is 20.8 Å². The van der Waals surface area contributed by atoms with Gasteiger partial charge in [-0.3, -0.25) is 0 Å². The van der Waals surface area contributed by atoms with Crippen LogP contribution in [0.25, 0.3) is 0 Å². The highest BCUT2D eigenvalue weighted by atomic mass is 32.1. The zero-order valence-corrected chi connectivity index (χ0v) is 41.1. The molecule has 4 fully saturated rings. The van der Waals surface area contributed by atoms with Crippen LogP contribution in [0.5, 0.6) is 0 Å². The Morgan fingerprint density at radius 2 is 1.02 bits per heavy atom. The van der Waals surface area contributed by atoms with Gasteiger partial charge in [-0.1, -0.05) is 126 Å². The molecule has 12 rings (SSSR count). The highest BCUT2D eigenvalue weighted by Gasteiger charge is 2.55. The summed E-state index contributed by atoms with van der Waals surface area (Å²) >= 11 is 2.16. The number of anilines is 6. The van der Waals surface area contributed by atoms with Gasteiger partial charge in [-0.15, -0.1) is 0 Å². The number of fused-ring (bicyclic) bond motifs is 6. The Morgan fingerprint density at radius 3 is 1.53 bits per heavy atom. The van der Waals surface area contributed by atoms with Gasteiger partial charge in [-0.05, 0) is 183 Å². The van der Waals surface area contributed by atoms with E-state index < -0.39 is 0 Å². The monoisotopic (exact) mass is 839 g/mol. The first-order valence-electron chi connectivity index (χ1n) is 24.3. The van der Waals surface area contributed by atoms with Crippen molar-refractivity contribution in [2.24, 2.45) is 17.8 Å². The molecule has 1 aromatic heterocycles. The number of rotatable bonds is 3. The third-order valence-electron chi connectivity index (χ3n) is 17.0. The van der Waals surface area contributed by atoms with Crippen LogP contribution in [0.3, 0.4) is 0 Å². The normalized spacial score (nSPS) is 25.4. The average Bonchev–Trinajstić information content (AvgIpc) is 3.61. The van der Waals surface area contributed by atoms with Gasteiger partial charge >= 0.3 is 0 Å². The van der Waals surface area contributed by atoms with Gasteiger partial charge in [0.2, 0.25) is 0 Å². The summed E-state index contributed by atoms with van der Waals surface area (Å²) in [6.07, 6.45) is 10.8. The second-order valence-corrected chi connectivity index (χ2v) is 26.7. The standard InChI is InChI=1S/C58H71BN2S/c1-53(2,3)38-14-19-42(20-15-38)60-45-23-18-40(55(7,8)9)29-44(45)59-49-46(60)30-41(58-32-35-26-36(33-58)28-37(27-35)34-58)31-47(49)61(43-21-16-39(17-22-43)54(4,5)6)50-48-51(62-52(50)59)57(12,13)25-24-56(48,10)11/h14-23,29-31,35-37H,24-28,32-34H2,1-13H3. The van der Waals surface area contributed by atoms with Gasteiger partial charge in [0, 0.05) is 38.1 Å². The van der Waals surface area contributed by atoms with Crippen LogP contribution < -0.4 is 25.5 Å². The summed E-state index contributed by atoms with van der Waals surface area (Å²) in [6, 6.07) is 32.6. The molecule has 0 unspecified atom stereocenters. The molecule has 7 aliphatic rings. The number of thiophene rings is 1. The van der Waals surface area contributed by atoms with Crippen molar-refractivity contribution in [3.05, 3.63) is 112 Å². The smallest absolute Gasteiger partial charge is 0.264 e. The minimum Gasteiger partial charge on any atom is -0.311 e. The van der Waals surface area contributed by atoms with E-state index in [1.807, 2.05) is 0 Å². The highest BCUT2D eigenvalue weighted by molar-refractivity contribution is 7.29. The number of hydrogen-bond donors (Lipinski definition) is 0. The summed E-state index contributed by atoms with van der Waals surface area (Å²) in [5, 5.41) is 0. The Morgan fingerprint density at radius 1 is 0.548 bits per heavy atom. The van der Waals surface area contributed by atoms with Gasteiger partial charge in [0.25, 0.3) is 6.71 Å². The maximum absolute atomic E-state index is 2.82. The highest BCUT2D eigenvalue weighted by Crippen LogP contribution is 2.63. The van der Waals surface area contributed by atoms with Gasteiger partial charge in [-0.25, -0.2) is 0 Å². The van der Waals surface area contributed by atoms with Crippen LogP contribution in [0.4, 0.5) is 34.1 Å². The van der Waals surface area contributed by atoms with Crippen LogP contribution in [-0.4, -0.2) is 6.71 Å². The maximum atomic E-state index is 2.82. The summed E-state index contributed by atoms with van der Waals surface area (Å²) in [7, 11) is 0.